The van der Waals surface area contributed by atoms with E-state index in [1.807, 2.05) is 0 Å². The Kier molecular flexibility index (Phi) is 3.47. The van der Waals surface area contributed by atoms with Crippen LogP contribution in [0.15, 0.2) is 35.4 Å². The number of carbonyl (C=O) groups excluding carboxylic acids is 1. The van der Waals surface area contributed by atoms with Gasteiger partial charge >= 0.3 is 0 Å². The SMILES string of the molecule is O=C(NCC1CCOC1)c1cnc2ccccn2c1=O. The molecule has 6 nitrogen and oxygen atoms in total. The Morgan fingerprint density at radius 2 is 2.40 bits per heavy atom. The van der Waals surface area contributed by atoms with Gasteiger partial charge in [-0.1, -0.05) is 6.07 Å². The molecule has 1 saturated heterocycles. The molecule has 2 aromatic rings. The predicted molar refractivity (Wildman–Crippen MR) is 72.7 cm³/mol. The van der Waals surface area contributed by atoms with Crippen LogP contribution in [0.25, 0.3) is 5.65 Å². The molecule has 6 heteroatoms. The van der Waals surface area contributed by atoms with Crippen LogP contribution < -0.4 is 10.9 Å². The van der Waals surface area contributed by atoms with Crippen molar-refractivity contribution in [1.29, 1.82) is 0 Å². The molecule has 1 unspecified atom stereocenters. The number of hydrogen-bond donors (Lipinski definition) is 1. The molecular weight excluding hydrogens is 258 g/mol. The summed E-state index contributed by atoms with van der Waals surface area (Å²) in [5, 5.41) is 2.77. The van der Waals surface area contributed by atoms with Gasteiger partial charge < -0.3 is 10.1 Å². The zero-order valence-electron chi connectivity index (χ0n) is 10.9. The first kappa shape index (κ1) is 12.8. The third-order valence-electron chi connectivity index (χ3n) is 3.43. The topological polar surface area (TPSA) is 72.7 Å². The number of nitrogens with one attached hydrogen (secondary N) is 1. The summed E-state index contributed by atoms with van der Waals surface area (Å²) in [6.07, 6.45) is 3.87. The van der Waals surface area contributed by atoms with Gasteiger partial charge in [-0.3, -0.25) is 14.0 Å². The zero-order valence-corrected chi connectivity index (χ0v) is 10.9. The Hall–Kier alpha value is -2.21. The minimum absolute atomic E-state index is 0.0626. The third-order valence-corrected chi connectivity index (χ3v) is 3.43. The highest BCUT2D eigenvalue weighted by Crippen LogP contribution is 2.10. The molecule has 1 atom stereocenters. The number of amides is 1. The molecule has 1 amide bonds. The Labute approximate surface area is 115 Å². The molecule has 0 bridgehead atoms. The molecule has 2 aromatic heterocycles. The smallest absolute Gasteiger partial charge is 0.270 e. The second kappa shape index (κ2) is 5.42. The van der Waals surface area contributed by atoms with Crippen LogP contribution in [0.1, 0.15) is 16.8 Å². The Bertz CT molecular complexity index is 689. The van der Waals surface area contributed by atoms with Crippen molar-refractivity contribution in [2.24, 2.45) is 5.92 Å². The van der Waals surface area contributed by atoms with Crippen molar-refractivity contribution in [1.82, 2.24) is 14.7 Å². The first-order valence-corrected chi connectivity index (χ1v) is 6.58. The first-order chi connectivity index (χ1) is 9.75. The molecular formula is C14H15N3O3. The molecule has 1 fully saturated rings. The summed E-state index contributed by atoms with van der Waals surface area (Å²) < 4.78 is 6.62. The number of hydrogen-bond acceptors (Lipinski definition) is 4. The molecule has 0 aliphatic carbocycles. The molecule has 0 radical (unpaired) electrons. The van der Waals surface area contributed by atoms with Gasteiger partial charge in [0.05, 0.1) is 6.61 Å². The van der Waals surface area contributed by atoms with E-state index in [0.29, 0.717) is 24.7 Å². The third kappa shape index (κ3) is 2.42. The largest absolute Gasteiger partial charge is 0.381 e. The van der Waals surface area contributed by atoms with Crippen molar-refractivity contribution < 1.29 is 9.53 Å². The quantitative estimate of drug-likeness (QED) is 0.882. The van der Waals surface area contributed by atoms with Crippen molar-refractivity contribution in [3.05, 3.63) is 46.5 Å². The van der Waals surface area contributed by atoms with Gasteiger partial charge in [0, 0.05) is 31.5 Å². The van der Waals surface area contributed by atoms with Crippen molar-refractivity contribution in [3.8, 4) is 0 Å². The average Bonchev–Trinajstić information content (AvgIpc) is 2.99. The number of ether oxygens (including phenoxy) is 1. The molecule has 1 N–H and O–H groups in total. The minimum atomic E-state index is -0.382. The number of nitrogens with zero attached hydrogens (tertiary/aromatic N) is 2. The van der Waals surface area contributed by atoms with Gasteiger partial charge in [-0.05, 0) is 18.6 Å². The molecule has 3 rings (SSSR count). The number of fused-ring (bicyclic) bond motifs is 1. The lowest BCUT2D eigenvalue weighted by atomic mass is 10.1. The lowest BCUT2D eigenvalue weighted by Gasteiger charge is -2.09. The molecule has 3 heterocycles. The van der Waals surface area contributed by atoms with Crippen molar-refractivity contribution in [3.63, 3.8) is 0 Å². The van der Waals surface area contributed by atoms with Crippen LogP contribution >= 0.6 is 0 Å². The fourth-order valence-corrected chi connectivity index (χ4v) is 2.26. The number of pyridine rings is 1. The van der Waals surface area contributed by atoms with E-state index in [4.69, 9.17) is 4.74 Å². The van der Waals surface area contributed by atoms with E-state index in [0.717, 1.165) is 13.0 Å². The van der Waals surface area contributed by atoms with Gasteiger partial charge in [-0.15, -0.1) is 0 Å². The summed E-state index contributed by atoms with van der Waals surface area (Å²) >= 11 is 0. The van der Waals surface area contributed by atoms with Crippen LogP contribution in [-0.2, 0) is 4.74 Å². The fourth-order valence-electron chi connectivity index (χ4n) is 2.26. The average molecular weight is 273 g/mol. The van der Waals surface area contributed by atoms with Crippen LogP contribution in [0.3, 0.4) is 0 Å². The lowest BCUT2D eigenvalue weighted by molar-refractivity contribution is 0.0943. The Morgan fingerprint density at radius 3 is 3.20 bits per heavy atom. The first-order valence-electron chi connectivity index (χ1n) is 6.58. The summed E-state index contributed by atoms with van der Waals surface area (Å²) in [7, 11) is 0. The van der Waals surface area contributed by atoms with E-state index in [2.05, 4.69) is 10.3 Å². The fraction of sp³-hybridized carbons (Fsp3) is 0.357. The molecule has 0 aromatic carbocycles. The molecule has 1 aliphatic heterocycles. The summed E-state index contributed by atoms with van der Waals surface area (Å²) in [5.74, 6) is -0.0530. The van der Waals surface area contributed by atoms with Gasteiger partial charge in [-0.2, -0.15) is 0 Å². The Balaban J connectivity index is 1.80. The second-order valence-electron chi connectivity index (χ2n) is 4.85. The van der Waals surface area contributed by atoms with Gasteiger partial charge in [-0.25, -0.2) is 4.98 Å². The maximum atomic E-state index is 12.2. The zero-order chi connectivity index (χ0) is 13.9. The van der Waals surface area contributed by atoms with Crippen molar-refractivity contribution in [2.75, 3.05) is 19.8 Å². The molecule has 0 saturated carbocycles. The van der Waals surface area contributed by atoms with Crippen LogP contribution in [-0.4, -0.2) is 35.1 Å². The predicted octanol–water partition coefficient (Wildman–Crippen LogP) is 0.461. The van der Waals surface area contributed by atoms with Crippen LogP contribution in [0.5, 0.6) is 0 Å². The van der Waals surface area contributed by atoms with Gasteiger partial charge in [0.15, 0.2) is 0 Å². The molecule has 0 spiro atoms. The van der Waals surface area contributed by atoms with E-state index in [-0.39, 0.29) is 17.0 Å². The van der Waals surface area contributed by atoms with Gasteiger partial charge in [0.1, 0.15) is 11.2 Å². The van der Waals surface area contributed by atoms with Crippen LogP contribution in [0.2, 0.25) is 0 Å². The van der Waals surface area contributed by atoms with E-state index in [9.17, 15) is 9.59 Å². The highest BCUT2D eigenvalue weighted by molar-refractivity contribution is 5.93. The minimum Gasteiger partial charge on any atom is -0.381 e. The van der Waals surface area contributed by atoms with Crippen molar-refractivity contribution in [2.45, 2.75) is 6.42 Å². The summed E-state index contributed by atoms with van der Waals surface area (Å²) in [6, 6.07) is 5.24. The summed E-state index contributed by atoms with van der Waals surface area (Å²) in [4.78, 5) is 28.4. The van der Waals surface area contributed by atoms with E-state index < -0.39 is 0 Å². The molecule has 104 valence electrons. The number of aromatic nitrogens is 2. The second-order valence-corrected chi connectivity index (χ2v) is 4.85. The van der Waals surface area contributed by atoms with Crippen LogP contribution in [0.4, 0.5) is 0 Å². The molecule has 1 aliphatic rings. The van der Waals surface area contributed by atoms with Crippen LogP contribution in [0, 0.1) is 5.92 Å². The molecule has 20 heavy (non-hydrogen) atoms. The maximum absolute atomic E-state index is 12.2. The van der Waals surface area contributed by atoms with Crippen molar-refractivity contribution >= 4 is 11.6 Å². The number of rotatable bonds is 3. The normalized spacial score (nSPS) is 18.3. The van der Waals surface area contributed by atoms with E-state index >= 15 is 0 Å². The summed E-state index contributed by atoms with van der Waals surface area (Å²) in [5.41, 5.74) is 0.238. The number of carbonyl (C=O) groups is 1. The maximum Gasteiger partial charge on any atom is 0.270 e. The van der Waals surface area contributed by atoms with Gasteiger partial charge in [0.2, 0.25) is 0 Å². The van der Waals surface area contributed by atoms with Gasteiger partial charge in [0.25, 0.3) is 11.5 Å². The monoisotopic (exact) mass is 273 g/mol. The van der Waals surface area contributed by atoms with E-state index in [1.165, 1.54) is 10.6 Å². The Morgan fingerprint density at radius 1 is 1.50 bits per heavy atom. The standard InChI is InChI=1S/C14H15N3O3/c18-13(16-7-10-4-6-20-9-10)11-8-15-12-3-1-2-5-17(12)14(11)19/h1-3,5,8,10H,4,6-7,9H2,(H,16,18). The lowest BCUT2D eigenvalue weighted by Crippen LogP contribution is -2.34. The van der Waals surface area contributed by atoms with E-state index in [1.54, 1.807) is 24.4 Å². The highest BCUT2D eigenvalue weighted by Gasteiger charge is 2.18. The summed E-state index contributed by atoms with van der Waals surface area (Å²) in [6.45, 7) is 1.92. The highest BCUT2D eigenvalue weighted by atomic mass is 16.5.